The Kier molecular flexibility index (Phi) is 4.24. The molecular weight excluding hydrogens is 374 g/mol. The minimum Gasteiger partial charge on any atom is -0.304 e. The highest BCUT2D eigenvalue weighted by molar-refractivity contribution is 7.22. The largest absolute Gasteiger partial charge is 0.304 e. The molecule has 0 spiro atoms. The number of carbonyl (C=O) groups is 1. The molecule has 2 N–H and O–H groups in total. The third kappa shape index (κ3) is 3.59. The second-order valence-electron chi connectivity index (χ2n) is 6.42. The summed E-state index contributed by atoms with van der Waals surface area (Å²) in [6.07, 6.45) is 4.60. The molecule has 10 heteroatoms. The lowest BCUT2D eigenvalue weighted by molar-refractivity contribution is -0.129. The average molecular weight is 388 g/mol. The van der Waals surface area contributed by atoms with E-state index in [-0.39, 0.29) is 6.54 Å². The molecule has 7 nitrogen and oxygen atoms in total. The zero-order valence-corrected chi connectivity index (χ0v) is 14.8. The van der Waals surface area contributed by atoms with Crippen LogP contribution in [0.5, 0.6) is 0 Å². The van der Waals surface area contributed by atoms with E-state index in [9.17, 15) is 13.6 Å². The molecule has 1 fully saturated rings. The summed E-state index contributed by atoms with van der Waals surface area (Å²) in [5.41, 5.74) is 2.58. The van der Waals surface area contributed by atoms with Gasteiger partial charge in [-0.15, -0.1) is 0 Å². The number of benzene rings is 1. The van der Waals surface area contributed by atoms with Crippen LogP contribution in [0.4, 0.5) is 13.9 Å². The van der Waals surface area contributed by atoms with Gasteiger partial charge in [0.25, 0.3) is 5.92 Å². The van der Waals surface area contributed by atoms with Crippen molar-refractivity contribution in [3.8, 4) is 17.3 Å². The second kappa shape index (κ2) is 6.59. The first-order valence-electron chi connectivity index (χ1n) is 8.17. The van der Waals surface area contributed by atoms with Gasteiger partial charge in [0.05, 0.1) is 28.9 Å². The number of nitrogens with one attached hydrogen (secondary N) is 2. The molecule has 0 saturated carbocycles. The fourth-order valence-corrected chi connectivity index (χ4v) is 4.03. The molecule has 1 unspecified atom stereocenters. The van der Waals surface area contributed by atoms with Crippen molar-refractivity contribution in [3.05, 3.63) is 30.6 Å². The predicted molar refractivity (Wildman–Crippen MR) is 96.1 cm³/mol. The van der Waals surface area contributed by atoms with Crippen LogP contribution in [0.15, 0.2) is 30.6 Å². The van der Waals surface area contributed by atoms with E-state index in [1.807, 2.05) is 18.2 Å². The molecule has 1 aliphatic heterocycles. The summed E-state index contributed by atoms with van der Waals surface area (Å²) in [6.45, 7) is -0.668. The molecule has 1 aliphatic rings. The number of nitrogens with zero attached hydrogens (tertiary/aromatic N) is 4. The SMILES string of the molecule is N#CN1CC(C(=O)Nc2nc3ccc(-c4cn[nH]c4)cc3s2)CC(F)(F)C1. The number of fused-ring (bicyclic) bond motifs is 1. The average Bonchev–Trinajstić information content (AvgIpc) is 3.28. The molecule has 0 radical (unpaired) electrons. The number of anilines is 1. The first-order valence-corrected chi connectivity index (χ1v) is 8.98. The van der Waals surface area contributed by atoms with Gasteiger partial charge in [0, 0.05) is 24.7 Å². The van der Waals surface area contributed by atoms with E-state index in [2.05, 4.69) is 20.5 Å². The maximum absolute atomic E-state index is 13.7. The standard InChI is InChI=1S/C17H14F2N6OS/c18-17(19)4-11(7-25(8-17)9-20)15(26)24-16-23-13-2-1-10(3-14(13)27-16)12-5-21-22-6-12/h1-3,5-6,11H,4,7-8H2,(H,21,22)(H,23,24,26). The number of nitriles is 1. The molecule has 1 saturated heterocycles. The smallest absolute Gasteiger partial charge is 0.266 e. The highest BCUT2D eigenvalue weighted by Crippen LogP contribution is 2.33. The van der Waals surface area contributed by atoms with Crippen molar-refractivity contribution < 1.29 is 13.6 Å². The third-order valence-corrected chi connectivity index (χ3v) is 5.30. The second-order valence-corrected chi connectivity index (χ2v) is 7.45. The number of halogens is 2. The number of rotatable bonds is 3. The number of carbonyl (C=O) groups excluding carboxylic acids is 1. The van der Waals surface area contributed by atoms with Crippen molar-refractivity contribution in [2.75, 3.05) is 18.4 Å². The Morgan fingerprint density at radius 1 is 1.44 bits per heavy atom. The Bertz CT molecular complexity index is 1030. The molecule has 4 rings (SSSR count). The van der Waals surface area contributed by atoms with Crippen molar-refractivity contribution >= 4 is 32.6 Å². The fourth-order valence-electron chi connectivity index (χ4n) is 3.13. The van der Waals surface area contributed by atoms with Crippen molar-refractivity contribution in [2.45, 2.75) is 12.3 Å². The van der Waals surface area contributed by atoms with Crippen LogP contribution in [0.2, 0.25) is 0 Å². The van der Waals surface area contributed by atoms with Gasteiger partial charge in [0.2, 0.25) is 5.91 Å². The van der Waals surface area contributed by atoms with E-state index in [1.165, 1.54) is 11.3 Å². The van der Waals surface area contributed by atoms with Gasteiger partial charge in [0.15, 0.2) is 11.3 Å². The molecule has 1 atom stereocenters. The van der Waals surface area contributed by atoms with Crippen molar-refractivity contribution in [1.29, 1.82) is 5.26 Å². The molecule has 27 heavy (non-hydrogen) atoms. The first kappa shape index (κ1) is 17.4. The van der Waals surface area contributed by atoms with Crippen LogP contribution in [0.3, 0.4) is 0 Å². The maximum atomic E-state index is 13.7. The quantitative estimate of drug-likeness (QED) is 0.672. The maximum Gasteiger partial charge on any atom is 0.266 e. The molecule has 1 aromatic carbocycles. The normalized spacial score (nSPS) is 19.0. The van der Waals surface area contributed by atoms with Crippen molar-refractivity contribution in [2.24, 2.45) is 5.92 Å². The van der Waals surface area contributed by atoms with E-state index in [0.717, 1.165) is 20.7 Å². The number of thiazole rings is 1. The molecule has 0 aliphatic carbocycles. The summed E-state index contributed by atoms with van der Waals surface area (Å²) in [5.74, 6) is -4.59. The highest BCUT2D eigenvalue weighted by atomic mass is 32.1. The number of alkyl halides is 2. The monoisotopic (exact) mass is 388 g/mol. The van der Waals surface area contributed by atoms with Crippen LogP contribution >= 0.6 is 11.3 Å². The molecule has 2 aromatic heterocycles. The van der Waals surface area contributed by atoms with Crippen LogP contribution in [-0.4, -0.2) is 45.0 Å². The highest BCUT2D eigenvalue weighted by Gasteiger charge is 2.43. The minimum absolute atomic E-state index is 0.0204. The molecular formula is C17H14F2N6OS. The van der Waals surface area contributed by atoms with Gasteiger partial charge in [-0.25, -0.2) is 13.8 Å². The summed E-state index contributed by atoms with van der Waals surface area (Å²) >= 11 is 1.27. The summed E-state index contributed by atoms with van der Waals surface area (Å²) in [5, 5.41) is 18.5. The first-order chi connectivity index (χ1) is 12.9. The lowest BCUT2D eigenvalue weighted by Gasteiger charge is -2.33. The Labute approximate surface area is 156 Å². The van der Waals surface area contributed by atoms with Crippen LogP contribution in [0.1, 0.15) is 6.42 Å². The van der Waals surface area contributed by atoms with Crippen LogP contribution < -0.4 is 5.32 Å². The topological polar surface area (TPSA) is 97.7 Å². The van der Waals surface area contributed by atoms with E-state index in [1.54, 1.807) is 18.6 Å². The number of aromatic amines is 1. The lowest BCUT2D eigenvalue weighted by atomic mass is 9.95. The van der Waals surface area contributed by atoms with Gasteiger partial charge in [-0.3, -0.25) is 9.89 Å². The number of amides is 1. The Morgan fingerprint density at radius 2 is 2.30 bits per heavy atom. The fraction of sp³-hybridized carbons (Fsp3) is 0.294. The summed E-state index contributed by atoms with van der Waals surface area (Å²) in [6, 6.07) is 5.65. The van der Waals surface area contributed by atoms with Gasteiger partial charge in [-0.05, 0) is 17.7 Å². The molecule has 3 heterocycles. The Balaban J connectivity index is 1.53. The van der Waals surface area contributed by atoms with Crippen molar-refractivity contribution in [1.82, 2.24) is 20.1 Å². The van der Waals surface area contributed by atoms with Crippen LogP contribution in [-0.2, 0) is 4.79 Å². The van der Waals surface area contributed by atoms with Gasteiger partial charge in [-0.1, -0.05) is 17.4 Å². The van der Waals surface area contributed by atoms with E-state index in [0.29, 0.717) is 10.6 Å². The van der Waals surface area contributed by atoms with Gasteiger partial charge >= 0.3 is 0 Å². The summed E-state index contributed by atoms with van der Waals surface area (Å²) in [7, 11) is 0. The van der Waals surface area contributed by atoms with Gasteiger partial charge in [-0.2, -0.15) is 10.4 Å². The predicted octanol–water partition coefficient (Wildman–Crippen LogP) is 3.06. The molecule has 138 valence electrons. The van der Waals surface area contributed by atoms with Crippen LogP contribution in [0.25, 0.3) is 21.3 Å². The number of piperidine rings is 1. The number of aromatic nitrogens is 3. The number of hydrogen-bond acceptors (Lipinski definition) is 6. The third-order valence-electron chi connectivity index (χ3n) is 4.37. The molecule has 0 bridgehead atoms. The van der Waals surface area contributed by atoms with E-state index < -0.39 is 30.7 Å². The van der Waals surface area contributed by atoms with Gasteiger partial charge in [0.1, 0.15) is 0 Å². The Morgan fingerprint density at radius 3 is 3.04 bits per heavy atom. The number of hydrogen-bond donors (Lipinski definition) is 2. The zero-order chi connectivity index (χ0) is 19.0. The zero-order valence-electron chi connectivity index (χ0n) is 13.9. The summed E-state index contributed by atoms with van der Waals surface area (Å²) in [4.78, 5) is 17.7. The van der Waals surface area contributed by atoms with Crippen molar-refractivity contribution in [3.63, 3.8) is 0 Å². The van der Waals surface area contributed by atoms with Crippen LogP contribution in [0, 0.1) is 17.4 Å². The number of likely N-dealkylation sites (tertiary alicyclic amines) is 1. The van der Waals surface area contributed by atoms with E-state index >= 15 is 0 Å². The minimum atomic E-state index is -3.07. The molecule has 1 amide bonds. The summed E-state index contributed by atoms with van der Waals surface area (Å²) < 4.78 is 28.3. The molecule has 3 aromatic rings. The van der Waals surface area contributed by atoms with E-state index in [4.69, 9.17) is 5.26 Å². The van der Waals surface area contributed by atoms with Gasteiger partial charge < -0.3 is 10.2 Å². The number of H-pyrrole nitrogens is 1. The lowest BCUT2D eigenvalue weighted by Crippen LogP contribution is -2.48. The Hall–Kier alpha value is -3.06.